The van der Waals surface area contributed by atoms with Gasteiger partial charge in [-0.2, -0.15) is 0 Å². The van der Waals surface area contributed by atoms with Crippen LogP contribution in [0.4, 0.5) is 0 Å². The van der Waals surface area contributed by atoms with E-state index in [4.69, 9.17) is 10.5 Å². The Balaban J connectivity index is 3.62. The van der Waals surface area contributed by atoms with Gasteiger partial charge in [0.25, 0.3) is 0 Å². The van der Waals surface area contributed by atoms with Gasteiger partial charge in [-0.3, -0.25) is 4.79 Å². The van der Waals surface area contributed by atoms with Crippen molar-refractivity contribution in [1.29, 1.82) is 0 Å². The standard InChI is InChI=1S/C11H24N2O2/c1-3-4-10(5-7-12)9-13-11(14)6-8-15-2/h10H,3-9,12H2,1-2H3,(H,13,14). The molecule has 1 amide bonds. The smallest absolute Gasteiger partial charge is 0.222 e. The highest BCUT2D eigenvalue weighted by molar-refractivity contribution is 5.75. The zero-order valence-electron chi connectivity index (χ0n) is 9.92. The van der Waals surface area contributed by atoms with E-state index in [9.17, 15) is 4.79 Å². The monoisotopic (exact) mass is 216 g/mol. The molecule has 0 aromatic heterocycles. The second kappa shape index (κ2) is 9.93. The summed E-state index contributed by atoms with van der Waals surface area (Å²) in [5.74, 6) is 0.585. The van der Waals surface area contributed by atoms with Gasteiger partial charge in [0.15, 0.2) is 0 Å². The average Bonchev–Trinajstić information content (AvgIpc) is 2.23. The lowest BCUT2D eigenvalue weighted by molar-refractivity contribution is -0.122. The van der Waals surface area contributed by atoms with Crippen LogP contribution in [0.5, 0.6) is 0 Å². The molecule has 0 saturated heterocycles. The molecule has 0 aromatic carbocycles. The predicted octanol–water partition coefficient (Wildman–Crippen LogP) is 0.904. The van der Waals surface area contributed by atoms with Crippen molar-refractivity contribution in [3.63, 3.8) is 0 Å². The molecule has 0 aliphatic carbocycles. The molecule has 0 saturated carbocycles. The molecule has 3 N–H and O–H groups in total. The Morgan fingerprint density at radius 2 is 2.20 bits per heavy atom. The highest BCUT2D eigenvalue weighted by atomic mass is 16.5. The second-order valence-electron chi connectivity index (χ2n) is 3.78. The van der Waals surface area contributed by atoms with Crippen molar-refractivity contribution in [1.82, 2.24) is 5.32 Å². The number of nitrogens with one attached hydrogen (secondary N) is 1. The molecule has 4 nitrogen and oxygen atoms in total. The summed E-state index contributed by atoms with van der Waals surface area (Å²) in [7, 11) is 1.60. The Labute approximate surface area is 92.6 Å². The Bertz CT molecular complexity index is 157. The molecular formula is C11H24N2O2. The van der Waals surface area contributed by atoms with E-state index in [2.05, 4.69) is 12.2 Å². The Morgan fingerprint density at radius 3 is 2.73 bits per heavy atom. The first-order chi connectivity index (χ1) is 7.24. The third kappa shape index (κ3) is 8.39. The minimum absolute atomic E-state index is 0.0648. The van der Waals surface area contributed by atoms with Crippen LogP contribution in [-0.2, 0) is 9.53 Å². The Kier molecular flexibility index (Phi) is 9.52. The first kappa shape index (κ1) is 14.4. The largest absolute Gasteiger partial charge is 0.384 e. The second-order valence-corrected chi connectivity index (χ2v) is 3.78. The van der Waals surface area contributed by atoms with Gasteiger partial charge in [-0.05, 0) is 25.3 Å². The molecule has 0 heterocycles. The van der Waals surface area contributed by atoms with Crippen LogP contribution in [0.2, 0.25) is 0 Å². The highest BCUT2D eigenvalue weighted by Crippen LogP contribution is 2.08. The number of amides is 1. The van der Waals surface area contributed by atoms with Crippen LogP contribution in [0, 0.1) is 5.92 Å². The lowest BCUT2D eigenvalue weighted by Crippen LogP contribution is -2.30. The highest BCUT2D eigenvalue weighted by Gasteiger charge is 2.08. The molecule has 90 valence electrons. The molecule has 0 rings (SSSR count). The molecule has 0 radical (unpaired) electrons. The minimum Gasteiger partial charge on any atom is -0.384 e. The van der Waals surface area contributed by atoms with E-state index in [-0.39, 0.29) is 5.91 Å². The van der Waals surface area contributed by atoms with Crippen molar-refractivity contribution >= 4 is 5.91 Å². The SMILES string of the molecule is CCCC(CCN)CNC(=O)CCOC. The zero-order valence-corrected chi connectivity index (χ0v) is 9.92. The van der Waals surface area contributed by atoms with Crippen LogP contribution in [-0.4, -0.2) is 32.7 Å². The molecular weight excluding hydrogens is 192 g/mol. The van der Waals surface area contributed by atoms with E-state index >= 15 is 0 Å². The minimum atomic E-state index is 0.0648. The summed E-state index contributed by atoms with van der Waals surface area (Å²) < 4.78 is 4.83. The van der Waals surface area contributed by atoms with Crippen LogP contribution < -0.4 is 11.1 Å². The van der Waals surface area contributed by atoms with Crippen molar-refractivity contribution < 1.29 is 9.53 Å². The van der Waals surface area contributed by atoms with E-state index in [1.807, 2.05) is 0 Å². The molecule has 1 unspecified atom stereocenters. The van der Waals surface area contributed by atoms with Crippen LogP contribution in [0.25, 0.3) is 0 Å². The van der Waals surface area contributed by atoms with E-state index < -0.39 is 0 Å². The molecule has 15 heavy (non-hydrogen) atoms. The fraction of sp³-hybridized carbons (Fsp3) is 0.909. The summed E-state index contributed by atoms with van der Waals surface area (Å²) in [6.45, 7) is 4.07. The van der Waals surface area contributed by atoms with Gasteiger partial charge in [0, 0.05) is 20.1 Å². The van der Waals surface area contributed by atoms with Crippen LogP contribution in [0.1, 0.15) is 32.6 Å². The summed E-state index contributed by atoms with van der Waals surface area (Å²) in [5, 5.41) is 2.91. The van der Waals surface area contributed by atoms with E-state index in [1.54, 1.807) is 7.11 Å². The molecule has 0 aromatic rings. The van der Waals surface area contributed by atoms with Gasteiger partial charge < -0.3 is 15.8 Å². The zero-order chi connectivity index (χ0) is 11.5. The van der Waals surface area contributed by atoms with E-state index in [0.717, 1.165) is 25.8 Å². The molecule has 0 aliphatic heterocycles. The predicted molar refractivity (Wildman–Crippen MR) is 61.6 cm³/mol. The van der Waals surface area contributed by atoms with E-state index in [1.165, 1.54) is 0 Å². The molecule has 4 heteroatoms. The maximum Gasteiger partial charge on any atom is 0.222 e. The normalized spacial score (nSPS) is 12.5. The third-order valence-corrected chi connectivity index (χ3v) is 2.39. The van der Waals surface area contributed by atoms with Crippen molar-refractivity contribution in [2.24, 2.45) is 11.7 Å². The number of nitrogens with two attached hydrogens (primary N) is 1. The van der Waals surface area contributed by atoms with Gasteiger partial charge in [0.2, 0.25) is 5.91 Å². The number of hydrogen-bond acceptors (Lipinski definition) is 3. The van der Waals surface area contributed by atoms with Gasteiger partial charge >= 0.3 is 0 Å². The van der Waals surface area contributed by atoms with Crippen molar-refractivity contribution in [3.05, 3.63) is 0 Å². The summed E-state index contributed by atoms with van der Waals surface area (Å²) in [4.78, 5) is 11.3. The number of rotatable bonds is 9. The maximum atomic E-state index is 11.3. The Morgan fingerprint density at radius 1 is 1.47 bits per heavy atom. The quantitative estimate of drug-likeness (QED) is 0.602. The number of ether oxygens (including phenoxy) is 1. The van der Waals surface area contributed by atoms with E-state index in [0.29, 0.717) is 25.5 Å². The lowest BCUT2D eigenvalue weighted by atomic mass is 10.00. The summed E-state index contributed by atoms with van der Waals surface area (Å²) >= 11 is 0. The first-order valence-electron chi connectivity index (χ1n) is 5.70. The molecule has 1 atom stereocenters. The molecule has 0 spiro atoms. The van der Waals surface area contributed by atoms with Crippen molar-refractivity contribution in [3.8, 4) is 0 Å². The third-order valence-electron chi connectivity index (χ3n) is 2.39. The Hall–Kier alpha value is -0.610. The van der Waals surface area contributed by atoms with Crippen LogP contribution in [0.15, 0.2) is 0 Å². The summed E-state index contributed by atoms with van der Waals surface area (Å²) in [5.41, 5.74) is 5.51. The summed E-state index contributed by atoms with van der Waals surface area (Å²) in [6.07, 6.45) is 3.69. The van der Waals surface area contributed by atoms with Gasteiger partial charge in [-0.1, -0.05) is 13.3 Å². The fourth-order valence-corrected chi connectivity index (χ4v) is 1.53. The van der Waals surface area contributed by atoms with Gasteiger partial charge in [0.05, 0.1) is 6.61 Å². The number of carbonyl (C=O) groups is 1. The fourth-order valence-electron chi connectivity index (χ4n) is 1.53. The average molecular weight is 216 g/mol. The van der Waals surface area contributed by atoms with Gasteiger partial charge in [-0.15, -0.1) is 0 Å². The van der Waals surface area contributed by atoms with Gasteiger partial charge in [0.1, 0.15) is 0 Å². The van der Waals surface area contributed by atoms with Crippen molar-refractivity contribution in [2.45, 2.75) is 32.6 Å². The van der Waals surface area contributed by atoms with Crippen LogP contribution in [0.3, 0.4) is 0 Å². The first-order valence-corrected chi connectivity index (χ1v) is 5.70. The van der Waals surface area contributed by atoms with Gasteiger partial charge in [-0.25, -0.2) is 0 Å². The number of methoxy groups -OCH3 is 1. The number of hydrogen-bond donors (Lipinski definition) is 2. The number of carbonyl (C=O) groups excluding carboxylic acids is 1. The molecule has 0 aliphatic rings. The maximum absolute atomic E-state index is 11.3. The molecule has 0 bridgehead atoms. The van der Waals surface area contributed by atoms with Crippen molar-refractivity contribution in [2.75, 3.05) is 26.8 Å². The van der Waals surface area contributed by atoms with Crippen LogP contribution >= 0.6 is 0 Å². The lowest BCUT2D eigenvalue weighted by Gasteiger charge is -2.15. The summed E-state index contributed by atoms with van der Waals surface area (Å²) in [6, 6.07) is 0. The topological polar surface area (TPSA) is 64.3 Å². The molecule has 0 fully saturated rings.